The minimum atomic E-state index is -4.95. The number of hydrogen-bond acceptors (Lipinski definition) is 3. The van der Waals surface area contributed by atoms with Crippen LogP contribution in [0.1, 0.15) is 5.56 Å². The molecule has 0 aliphatic heterocycles. The fourth-order valence-electron chi connectivity index (χ4n) is 1.72. The number of alkyl halides is 3. The van der Waals surface area contributed by atoms with E-state index in [1.807, 2.05) is 0 Å². The lowest BCUT2D eigenvalue weighted by molar-refractivity contribution is -0.384. The monoisotopic (exact) mass is 380 g/mol. The zero-order valence-electron chi connectivity index (χ0n) is 11.3. The fraction of sp³-hybridized carbons (Fsp3) is 0.308. The summed E-state index contributed by atoms with van der Waals surface area (Å²) >= 11 is 3.13. The van der Waals surface area contributed by atoms with Crippen LogP contribution < -0.4 is 0 Å². The first-order chi connectivity index (χ1) is 10.2. The van der Waals surface area contributed by atoms with E-state index < -0.39 is 17.0 Å². The fourth-order valence-corrected chi connectivity index (χ4v) is 2.28. The van der Waals surface area contributed by atoms with Gasteiger partial charge in [0.2, 0.25) is 0 Å². The first-order valence-corrected chi connectivity index (χ1v) is 6.86. The van der Waals surface area contributed by atoms with Crippen molar-refractivity contribution in [3.05, 3.63) is 51.0 Å². The second-order valence-electron chi connectivity index (χ2n) is 4.32. The first kappa shape index (κ1) is 18.1. The molecule has 0 aromatic heterocycles. The highest BCUT2D eigenvalue weighted by molar-refractivity contribution is 9.10. The number of nitro groups is 1. The Morgan fingerprint density at radius 1 is 1.45 bits per heavy atom. The Hall–Kier alpha value is -1.90. The molecule has 1 aromatic carbocycles. The summed E-state index contributed by atoms with van der Waals surface area (Å²) in [6.45, 7) is 2.91. The van der Waals surface area contributed by atoms with E-state index in [1.165, 1.54) is 24.3 Å². The summed E-state index contributed by atoms with van der Waals surface area (Å²) in [7, 11) is 0. The molecule has 5 nitrogen and oxygen atoms in total. The quantitative estimate of drug-likeness (QED) is 0.431. The molecule has 0 aliphatic rings. The van der Waals surface area contributed by atoms with E-state index >= 15 is 0 Å². The van der Waals surface area contributed by atoms with E-state index in [2.05, 4.69) is 22.5 Å². The van der Waals surface area contributed by atoms with Crippen LogP contribution in [0.3, 0.4) is 0 Å². The third kappa shape index (κ3) is 4.83. The van der Waals surface area contributed by atoms with E-state index in [0.717, 1.165) is 0 Å². The number of rotatable bonds is 6. The van der Waals surface area contributed by atoms with Crippen molar-refractivity contribution in [2.24, 2.45) is 0 Å². The highest BCUT2D eigenvalue weighted by Crippen LogP contribution is 2.24. The minimum Gasteiger partial charge on any atom is -0.331 e. The van der Waals surface area contributed by atoms with Crippen LogP contribution in [-0.4, -0.2) is 35.0 Å². The van der Waals surface area contributed by atoms with Crippen LogP contribution in [0, 0.1) is 10.1 Å². The maximum absolute atomic E-state index is 12.5. The van der Waals surface area contributed by atoms with Gasteiger partial charge in [-0.1, -0.05) is 28.1 Å². The van der Waals surface area contributed by atoms with Crippen molar-refractivity contribution < 1.29 is 22.9 Å². The van der Waals surface area contributed by atoms with Gasteiger partial charge in [0.05, 0.1) is 4.92 Å². The predicted molar refractivity (Wildman–Crippen MR) is 77.3 cm³/mol. The largest absolute Gasteiger partial charge is 0.471 e. The average Bonchev–Trinajstić information content (AvgIpc) is 2.42. The van der Waals surface area contributed by atoms with Crippen LogP contribution >= 0.6 is 15.9 Å². The van der Waals surface area contributed by atoms with Crippen LogP contribution in [0.15, 0.2) is 35.3 Å². The average molecular weight is 381 g/mol. The van der Waals surface area contributed by atoms with E-state index in [9.17, 15) is 28.1 Å². The molecule has 0 unspecified atom stereocenters. The number of nitrogens with zero attached hydrogens (tertiary/aromatic N) is 2. The van der Waals surface area contributed by atoms with Crippen molar-refractivity contribution in [2.45, 2.75) is 12.6 Å². The van der Waals surface area contributed by atoms with Crippen molar-refractivity contribution >= 4 is 27.5 Å². The molecule has 0 N–H and O–H groups in total. The summed E-state index contributed by atoms with van der Waals surface area (Å²) in [4.78, 5) is 21.9. The van der Waals surface area contributed by atoms with Gasteiger partial charge in [0.15, 0.2) is 0 Å². The van der Waals surface area contributed by atoms with Crippen molar-refractivity contribution in [2.75, 3.05) is 13.1 Å². The topological polar surface area (TPSA) is 63.4 Å². The molecule has 120 valence electrons. The summed E-state index contributed by atoms with van der Waals surface area (Å²) in [5, 5.41) is 10.6. The molecule has 0 aliphatic carbocycles. The molecule has 0 atom stereocenters. The van der Waals surface area contributed by atoms with E-state index in [4.69, 9.17) is 0 Å². The highest BCUT2D eigenvalue weighted by Gasteiger charge is 2.41. The van der Waals surface area contributed by atoms with Crippen molar-refractivity contribution in [1.82, 2.24) is 4.90 Å². The van der Waals surface area contributed by atoms with Gasteiger partial charge in [-0.05, 0) is 12.0 Å². The molecular formula is C13H12BrF3N2O3. The molecule has 0 saturated carbocycles. The number of benzene rings is 1. The van der Waals surface area contributed by atoms with Crippen molar-refractivity contribution in [1.29, 1.82) is 0 Å². The zero-order chi connectivity index (χ0) is 16.9. The maximum atomic E-state index is 12.5. The Bertz CT molecular complexity index is 590. The summed E-state index contributed by atoms with van der Waals surface area (Å²) in [6, 6.07) is 3.95. The van der Waals surface area contributed by atoms with Gasteiger partial charge < -0.3 is 4.90 Å². The number of halogens is 4. The molecular weight excluding hydrogens is 369 g/mol. The number of nitro benzene ring substituents is 1. The van der Waals surface area contributed by atoms with Crippen LogP contribution in [0.5, 0.6) is 0 Å². The molecule has 1 amide bonds. The van der Waals surface area contributed by atoms with Gasteiger partial charge in [-0.2, -0.15) is 13.2 Å². The number of non-ortho nitro benzene ring substituents is 1. The van der Waals surface area contributed by atoms with Gasteiger partial charge in [0, 0.05) is 29.7 Å². The maximum Gasteiger partial charge on any atom is 0.471 e. The Kier molecular flexibility index (Phi) is 6.10. The zero-order valence-corrected chi connectivity index (χ0v) is 12.9. The van der Waals surface area contributed by atoms with Crippen LogP contribution in [-0.2, 0) is 11.2 Å². The van der Waals surface area contributed by atoms with Gasteiger partial charge in [-0.15, -0.1) is 6.58 Å². The Balaban J connectivity index is 2.83. The summed E-state index contributed by atoms with van der Waals surface area (Å²) in [5.41, 5.74) is 0.430. The molecule has 0 radical (unpaired) electrons. The van der Waals surface area contributed by atoms with E-state index in [1.54, 1.807) is 0 Å². The number of carbonyl (C=O) groups is 1. The Morgan fingerprint density at radius 2 is 2.09 bits per heavy atom. The SMILES string of the molecule is C=CCN(CCc1ccc([N+](=O)[O-])cc1Br)C(=O)C(F)(F)F. The first-order valence-electron chi connectivity index (χ1n) is 6.06. The molecule has 1 rings (SSSR count). The number of hydrogen-bond donors (Lipinski definition) is 0. The van der Waals surface area contributed by atoms with Gasteiger partial charge in [0.1, 0.15) is 0 Å². The number of amides is 1. The Labute approximate surface area is 132 Å². The van der Waals surface area contributed by atoms with Crippen molar-refractivity contribution in [3.8, 4) is 0 Å². The second kappa shape index (κ2) is 7.39. The minimum absolute atomic E-state index is 0.119. The third-order valence-corrected chi connectivity index (χ3v) is 3.52. The van der Waals surface area contributed by atoms with Gasteiger partial charge in [-0.25, -0.2) is 0 Å². The third-order valence-electron chi connectivity index (χ3n) is 2.78. The summed E-state index contributed by atoms with van der Waals surface area (Å²) < 4.78 is 37.8. The molecule has 0 spiro atoms. The highest BCUT2D eigenvalue weighted by atomic mass is 79.9. The standard InChI is InChI=1S/C13H12BrF3N2O3/c1-2-6-18(12(20)13(15,16)17)7-5-9-3-4-10(19(21)22)8-11(9)14/h2-4,8H,1,5-7H2. The van der Waals surface area contributed by atoms with Crippen LogP contribution in [0.2, 0.25) is 0 Å². The molecule has 0 fully saturated rings. The molecule has 0 heterocycles. The molecule has 0 saturated heterocycles. The van der Waals surface area contributed by atoms with E-state index in [0.29, 0.717) is 14.9 Å². The molecule has 22 heavy (non-hydrogen) atoms. The molecule has 9 heteroatoms. The van der Waals surface area contributed by atoms with Gasteiger partial charge >= 0.3 is 12.1 Å². The molecule has 0 bridgehead atoms. The van der Waals surface area contributed by atoms with Crippen molar-refractivity contribution in [3.63, 3.8) is 0 Å². The lowest BCUT2D eigenvalue weighted by Crippen LogP contribution is -2.42. The van der Waals surface area contributed by atoms with Gasteiger partial charge in [-0.3, -0.25) is 14.9 Å². The van der Waals surface area contributed by atoms with Gasteiger partial charge in [0.25, 0.3) is 5.69 Å². The Morgan fingerprint density at radius 3 is 2.55 bits per heavy atom. The molecule has 1 aromatic rings. The number of carbonyl (C=O) groups excluding carboxylic acids is 1. The van der Waals surface area contributed by atoms with Crippen LogP contribution in [0.25, 0.3) is 0 Å². The lowest BCUT2D eigenvalue weighted by Gasteiger charge is -2.22. The lowest BCUT2D eigenvalue weighted by atomic mass is 10.1. The smallest absolute Gasteiger partial charge is 0.331 e. The second-order valence-corrected chi connectivity index (χ2v) is 5.17. The van der Waals surface area contributed by atoms with Crippen LogP contribution in [0.4, 0.5) is 18.9 Å². The normalized spacial score (nSPS) is 11.1. The summed E-state index contributed by atoms with van der Waals surface area (Å²) in [6.07, 6.45) is -3.63. The summed E-state index contributed by atoms with van der Waals surface area (Å²) in [5.74, 6) is -1.94. The predicted octanol–water partition coefficient (Wildman–Crippen LogP) is 3.48. The van der Waals surface area contributed by atoms with E-state index in [-0.39, 0.29) is 25.2 Å².